The summed E-state index contributed by atoms with van der Waals surface area (Å²) >= 11 is 0. The van der Waals surface area contributed by atoms with E-state index in [0.29, 0.717) is 0 Å². The molecule has 3 heteroatoms. The maximum absolute atomic E-state index is 12.4. The molecule has 2 amide bonds. The Kier molecular flexibility index (Phi) is 5.52. The van der Waals surface area contributed by atoms with Crippen LogP contribution in [0.1, 0.15) is 81.1 Å². The van der Waals surface area contributed by atoms with E-state index in [1.165, 1.54) is 0 Å². The Morgan fingerprint density at radius 3 is 1.73 bits per heavy atom. The number of hydrogen-bond acceptors (Lipinski definition) is 2. The zero-order valence-electron chi connectivity index (χ0n) is 15.8. The lowest BCUT2D eigenvalue weighted by molar-refractivity contribution is -0.127. The zero-order chi connectivity index (χ0) is 17.3. The molecule has 22 heavy (non-hydrogen) atoms. The van der Waals surface area contributed by atoms with E-state index >= 15 is 0 Å². The highest BCUT2D eigenvalue weighted by molar-refractivity contribution is 6.05. The Balaban J connectivity index is 3.15. The molecule has 0 aromatic carbocycles. The molecule has 0 aromatic rings. The van der Waals surface area contributed by atoms with Gasteiger partial charge < -0.3 is 0 Å². The predicted octanol–water partition coefficient (Wildman–Crippen LogP) is 4.55. The summed E-state index contributed by atoms with van der Waals surface area (Å²) in [7, 11) is 0. The molecule has 0 saturated carbocycles. The van der Waals surface area contributed by atoms with Crippen molar-refractivity contribution in [2.24, 2.45) is 28.1 Å². The quantitative estimate of drug-likeness (QED) is 0.701. The van der Waals surface area contributed by atoms with Crippen molar-refractivity contribution in [1.29, 1.82) is 0 Å². The van der Waals surface area contributed by atoms with Gasteiger partial charge in [-0.2, -0.15) is 0 Å². The third-order valence-corrected chi connectivity index (χ3v) is 7.08. The number of amides is 2. The summed E-state index contributed by atoms with van der Waals surface area (Å²) in [6.07, 6.45) is 3.67. The van der Waals surface area contributed by atoms with E-state index < -0.39 is 0 Å². The van der Waals surface area contributed by atoms with Gasteiger partial charge >= 0.3 is 0 Å². The van der Waals surface area contributed by atoms with Gasteiger partial charge in [0.15, 0.2) is 0 Å². The van der Waals surface area contributed by atoms with Crippen LogP contribution in [0.2, 0.25) is 0 Å². The zero-order valence-corrected chi connectivity index (χ0v) is 15.8. The fourth-order valence-corrected chi connectivity index (χ4v) is 3.63. The molecule has 0 bridgehead atoms. The van der Waals surface area contributed by atoms with Gasteiger partial charge in [0, 0.05) is 0 Å². The molecule has 2 unspecified atom stereocenters. The maximum Gasteiger partial charge on any atom is 0.231 e. The summed E-state index contributed by atoms with van der Waals surface area (Å²) in [5.74, 6) is -0.519. The van der Waals surface area contributed by atoms with Crippen molar-refractivity contribution in [2.45, 2.75) is 81.1 Å². The lowest BCUT2D eigenvalue weighted by Crippen LogP contribution is -2.40. The van der Waals surface area contributed by atoms with Crippen LogP contribution in [0.25, 0.3) is 0 Å². The molecule has 0 radical (unpaired) electrons. The Bertz CT molecular complexity index is 433. The molecular weight excluding hydrogens is 274 g/mol. The molecule has 0 aromatic heterocycles. The van der Waals surface area contributed by atoms with Crippen molar-refractivity contribution < 1.29 is 9.59 Å². The molecule has 2 atom stereocenters. The molecular formula is C19H35NO2. The highest BCUT2D eigenvalue weighted by atomic mass is 16.2. The van der Waals surface area contributed by atoms with Gasteiger partial charge in [-0.1, -0.05) is 61.8 Å². The summed E-state index contributed by atoms with van der Waals surface area (Å²) in [5.41, 5.74) is 0.0423. The number of carbonyl (C=O) groups excluding carboxylic acids is 2. The third-order valence-electron chi connectivity index (χ3n) is 7.08. The van der Waals surface area contributed by atoms with Gasteiger partial charge in [-0.25, -0.2) is 0 Å². The Hall–Kier alpha value is -0.860. The molecule has 1 aliphatic rings. The van der Waals surface area contributed by atoms with Crippen LogP contribution in [0.3, 0.4) is 0 Å². The topological polar surface area (TPSA) is 46.2 Å². The average Bonchev–Trinajstić information content (AvgIpc) is 2.72. The molecule has 1 fully saturated rings. The highest BCUT2D eigenvalue weighted by Crippen LogP contribution is 2.51. The summed E-state index contributed by atoms with van der Waals surface area (Å²) < 4.78 is 0. The summed E-state index contributed by atoms with van der Waals surface area (Å²) in [4.78, 5) is 24.9. The van der Waals surface area contributed by atoms with Gasteiger partial charge in [-0.15, -0.1) is 0 Å². The van der Waals surface area contributed by atoms with Crippen LogP contribution in [0, 0.1) is 28.1 Å². The summed E-state index contributed by atoms with van der Waals surface area (Å²) in [5, 5.41) is 2.61. The Morgan fingerprint density at radius 1 is 0.818 bits per heavy atom. The SMILES string of the molecule is CCC(C)(CC)C1C(=O)NC(=O)C1CC(C)(C)C(C)(C)CC. The van der Waals surface area contributed by atoms with Crippen molar-refractivity contribution in [1.82, 2.24) is 5.32 Å². The molecule has 0 spiro atoms. The number of hydrogen-bond donors (Lipinski definition) is 1. The van der Waals surface area contributed by atoms with E-state index in [1.807, 2.05) is 0 Å². The first-order chi connectivity index (χ1) is 9.95. The van der Waals surface area contributed by atoms with E-state index in [9.17, 15) is 9.59 Å². The van der Waals surface area contributed by atoms with Crippen LogP contribution in [-0.2, 0) is 9.59 Å². The van der Waals surface area contributed by atoms with Crippen LogP contribution in [0.4, 0.5) is 0 Å². The second kappa shape index (κ2) is 6.33. The Labute approximate surface area is 136 Å². The molecule has 1 N–H and O–H groups in total. The first-order valence-electron chi connectivity index (χ1n) is 8.80. The van der Waals surface area contributed by atoms with E-state index in [1.54, 1.807) is 0 Å². The normalized spacial score (nSPS) is 23.8. The minimum absolute atomic E-state index is 0.00895. The lowest BCUT2D eigenvalue weighted by Gasteiger charge is -2.44. The van der Waals surface area contributed by atoms with Gasteiger partial charge in [0.25, 0.3) is 0 Å². The monoisotopic (exact) mass is 309 g/mol. The fraction of sp³-hybridized carbons (Fsp3) is 0.895. The second-order valence-corrected chi connectivity index (χ2v) is 8.62. The summed E-state index contributed by atoms with van der Waals surface area (Å²) in [6.45, 7) is 17.6. The van der Waals surface area contributed by atoms with Crippen LogP contribution in [0.15, 0.2) is 0 Å². The number of carbonyl (C=O) groups is 2. The molecule has 3 nitrogen and oxygen atoms in total. The maximum atomic E-state index is 12.4. The Morgan fingerprint density at radius 2 is 1.32 bits per heavy atom. The van der Waals surface area contributed by atoms with Gasteiger partial charge in [0.2, 0.25) is 11.8 Å². The minimum Gasteiger partial charge on any atom is -0.296 e. The van der Waals surface area contributed by atoms with E-state index in [2.05, 4.69) is 60.7 Å². The van der Waals surface area contributed by atoms with E-state index in [4.69, 9.17) is 0 Å². The van der Waals surface area contributed by atoms with Gasteiger partial charge in [0.1, 0.15) is 0 Å². The number of imide groups is 1. The number of nitrogens with one attached hydrogen (secondary N) is 1. The lowest BCUT2D eigenvalue weighted by atomic mass is 9.59. The molecule has 128 valence electrons. The van der Waals surface area contributed by atoms with Crippen LogP contribution in [0.5, 0.6) is 0 Å². The van der Waals surface area contributed by atoms with Gasteiger partial charge in [-0.3, -0.25) is 14.9 Å². The van der Waals surface area contributed by atoms with Gasteiger partial charge in [0.05, 0.1) is 11.8 Å². The van der Waals surface area contributed by atoms with Crippen LogP contribution < -0.4 is 5.32 Å². The van der Waals surface area contributed by atoms with Crippen LogP contribution in [-0.4, -0.2) is 11.8 Å². The standard InChI is InChI=1S/C19H35NO2/c1-9-17(4,5)18(6,7)12-13-14(16(22)20-15(13)21)19(8,10-2)11-3/h13-14H,9-12H2,1-8H3,(H,20,21,22). The van der Waals surface area contributed by atoms with Crippen molar-refractivity contribution in [2.75, 3.05) is 0 Å². The average molecular weight is 309 g/mol. The molecule has 1 heterocycles. The summed E-state index contributed by atoms with van der Waals surface area (Å²) in [6, 6.07) is 0. The smallest absolute Gasteiger partial charge is 0.231 e. The third kappa shape index (κ3) is 3.23. The molecule has 1 saturated heterocycles. The number of rotatable bonds is 7. The molecule has 1 aliphatic heterocycles. The van der Waals surface area contributed by atoms with E-state index in [0.717, 1.165) is 25.7 Å². The van der Waals surface area contributed by atoms with Crippen molar-refractivity contribution >= 4 is 11.8 Å². The largest absolute Gasteiger partial charge is 0.296 e. The highest BCUT2D eigenvalue weighted by Gasteiger charge is 2.52. The molecule has 0 aliphatic carbocycles. The molecule has 1 rings (SSSR count). The minimum atomic E-state index is -0.196. The predicted molar refractivity (Wildman–Crippen MR) is 91.3 cm³/mol. The van der Waals surface area contributed by atoms with Crippen LogP contribution >= 0.6 is 0 Å². The van der Waals surface area contributed by atoms with Crippen molar-refractivity contribution in [3.05, 3.63) is 0 Å². The van der Waals surface area contributed by atoms with Gasteiger partial charge in [-0.05, 0) is 35.5 Å². The fourth-order valence-electron chi connectivity index (χ4n) is 3.63. The second-order valence-electron chi connectivity index (χ2n) is 8.62. The first-order valence-corrected chi connectivity index (χ1v) is 8.80. The van der Waals surface area contributed by atoms with Crippen molar-refractivity contribution in [3.8, 4) is 0 Å². The van der Waals surface area contributed by atoms with Crippen molar-refractivity contribution in [3.63, 3.8) is 0 Å². The first kappa shape index (κ1) is 19.2. The van der Waals surface area contributed by atoms with E-state index in [-0.39, 0.29) is 39.9 Å².